The summed E-state index contributed by atoms with van der Waals surface area (Å²) < 4.78 is 10.3. The first kappa shape index (κ1) is 37.6. The van der Waals surface area contributed by atoms with Gasteiger partial charge in [-0.25, -0.2) is 9.59 Å². The van der Waals surface area contributed by atoms with Gasteiger partial charge in [0.1, 0.15) is 11.5 Å². The summed E-state index contributed by atoms with van der Waals surface area (Å²) in [6, 6.07) is 39.9. The van der Waals surface area contributed by atoms with Gasteiger partial charge in [0.2, 0.25) is 35.7 Å². The fourth-order valence-corrected chi connectivity index (χ4v) is 5.07. The maximum Gasteiger partial charge on any atom is 0.335 e. The Balaban J connectivity index is 1.08. The third-order valence-corrected chi connectivity index (χ3v) is 7.72. The van der Waals surface area contributed by atoms with E-state index in [1.807, 2.05) is 84.9 Å². The van der Waals surface area contributed by atoms with Crippen LogP contribution in [-0.4, -0.2) is 41.8 Å². The molecule has 0 spiro atoms. The summed E-state index contributed by atoms with van der Waals surface area (Å²) in [4.78, 5) is 50.6. The van der Waals surface area contributed by atoms with Gasteiger partial charge in [-0.15, -0.1) is 0 Å². The molecule has 0 unspecified atom stereocenters. The van der Waals surface area contributed by atoms with Gasteiger partial charge in [-0.1, -0.05) is 49.6 Å². The fourth-order valence-electron chi connectivity index (χ4n) is 5.07. The number of carbonyl (C=O) groups excluding carboxylic acids is 2. The molecule has 0 saturated heterocycles. The Morgan fingerprint density at radius 3 is 0.828 bits per heavy atom. The fraction of sp³-hybridized carbons (Fsp3) is 0. The molecule has 5 aromatic carbocycles. The number of para-hydroxylation sites is 2. The van der Waals surface area contributed by atoms with Crippen LogP contribution in [0.25, 0.3) is 0 Å². The molecule has 2 heterocycles. The summed E-state index contributed by atoms with van der Waals surface area (Å²) in [5.41, 5.74) is 4.26. The van der Waals surface area contributed by atoms with Crippen LogP contribution in [0.1, 0.15) is 0 Å². The predicted octanol–water partition coefficient (Wildman–Crippen LogP) is 8.70. The minimum absolute atomic E-state index is 0.260. The summed E-state index contributed by atoms with van der Waals surface area (Å²) in [6.07, 6.45) is 2.19. The quantitative estimate of drug-likeness (QED) is 0.0309. The van der Waals surface area contributed by atoms with Crippen LogP contribution in [0.5, 0.6) is 11.5 Å². The van der Waals surface area contributed by atoms with E-state index >= 15 is 0 Å². The van der Waals surface area contributed by atoms with Gasteiger partial charge in [-0.05, 0) is 97.1 Å². The topological polar surface area (TPSA) is 202 Å². The van der Waals surface area contributed by atoms with E-state index in [0.717, 1.165) is 23.5 Å². The molecular weight excluding hydrogens is 737 g/mol. The first-order valence-corrected chi connectivity index (χ1v) is 17.6. The van der Waals surface area contributed by atoms with Crippen molar-refractivity contribution >= 4 is 81.8 Å². The number of aromatic nitrogens is 6. The number of ether oxygens (including phenoxy) is 2. The maximum absolute atomic E-state index is 11.6. The first-order chi connectivity index (χ1) is 28.3. The predicted molar refractivity (Wildman–Crippen MR) is 223 cm³/mol. The van der Waals surface area contributed by atoms with Crippen LogP contribution in [0.3, 0.4) is 0 Å². The smallest absolute Gasteiger partial charge is 0.335 e. The number of nitrogens with one attached hydrogen (secondary N) is 6. The number of carbonyl (C=O) groups is 2. The molecule has 0 aliphatic heterocycles. The summed E-state index contributed by atoms with van der Waals surface area (Å²) in [7, 11) is 0. The van der Waals surface area contributed by atoms with Gasteiger partial charge in [0.05, 0.1) is 0 Å². The summed E-state index contributed by atoms with van der Waals surface area (Å²) in [5, 5.41) is 19.3. The maximum atomic E-state index is 11.6. The molecule has 58 heavy (non-hydrogen) atoms. The van der Waals surface area contributed by atoms with Crippen LogP contribution in [0.2, 0.25) is 0 Å². The summed E-state index contributed by atoms with van der Waals surface area (Å²) in [5.74, 6) is 1.28. The summed E-state index contributed by atoms with van der Waals surface area (Å²) >= 11 is 0. The van der Waals surface area contributed by atoms with E-state index in [2.05, 4.69) is 75.0 Å². The number of benzene rings is 5. The molecule has 0 aliphatic carbocycles. The van der Waals surface area contributed by atoms with Crippen LogP contribution in [0.15, 0.2) is 159 Å². The molecule has 16 heteroatoms. The van der Waals surface area contributed by atoms with Gasteiger partial charge < -0.3 is 41.4 Å². The molecule has 0 radical (unpaired) electrons. The Hall–Kier alpha value is -8.66. The van der Waals surface area contributed by atoms with Crippen LogP contribution in [-0.2, 0) is 9.59 Å². The molecule has 0 bridgehead atoms. The van der Waals surface area contributed by atoms with E-state index in [9.17, 15) is 9.59 Å². The third-order valence-electron chi connectivity index (χ3n) is 7.72. The van der Waals surface area contributed by atoms with Crippen molar-refractivity contribution in [2.75, 3.05) is 31.9 Å². The highest BCUT2D eigenvalue weighted by Gasteiger charge is 2.12. The molecule has 0 aliphatic rings. The normalized spacial score (nSPS) is 10.3. The zero-order valence-electron chi connectivity index (χ0n) is 30.6. The highest BCUT2D eigenvalue weighted by atomic mass is 16.5. The molecule has 7 rings (SSSR count). The second kappa shape index (κ2) is 18.1. The van der Waals surface area contributed by atoms with Crippen molar-refractivity contribution in [2.24, 2.45) is 0 Å². The lowest BCUT2D eigenvalue weighted by atomic mass is 10.3. The average Bonchev–Trinajstić information content (AvgIpc) is 3.23. The van der Waals surface area contributed by atoms with Gasteiger partial charge >= 0.3 is 11.9 Å². The molecule has 2 aromatic heterocycles. The van der Waals surface area contributed by atoms with Crippen molar-refractivity contribution in [3.05, 3.63) is 159 Å². The number of anilines is 12. The molecule has 286 valence electrons. The molecule has 0 saturated carbocycles. The Morgan fingerprint density at radius 1 is 0.362 bits per heavy atom. The third kappa shape index (κ3) is 10.7. The number of hydrogen-bond acceptors (Lipinski definition) is 16. The second-order valence-electron chi connectivity index (χ2n) is 12.0. The Labute approximate surface area is 332 Å². The standard InChI is InChI=1S/C42H34N12O4/c1-3-35(55)57-33-23-19-31(20-24-33)47-41-51-37(43-27-11-7-5-8-12-27)49-39(53-41)45-29-15-17-30(18-16-29)46-40-50-38(44-28-13-9-6-10-14-28)52-42(54-40)48-32-21-25-34(26-22-32)58-36(56)4-2/h3-26H,1-2H2,(H3,43,45,47,49,51,53)(H3,44,46,48,50,52,54). The average molecular weight is 771 g/mol. The van der Waals surface area contributed by atoms with Gasteiger partial charge in [-0.2, -0.15) is 29.9 Å². The van der Waals surface area contributed by atoms with Crippen molar-refractivity contribution in [2.45, 2.75) is 0 Å². The zero-order chi connectivity index (χ0) is 40.1. The van der Waals surface area contributed by atoms with Gasteiger partial charge in [0.25, 0.3) is 0 Å². The van der Waals surface area contributed by atoms with Crippen molar-refractivity contribution in [3.63, 3.8) is 0 Å². The highest BCUT2D eigenvalue weighted by Crippen LogP contribution is 2.26. The first-order valence-electron chi connectivity index (χ1n) is 17.6. The van der Waals surface area contributed by atoms with Gasteiger partial charge in [0.15, 0.2) is 0 Å². The largest absolute Gasteiger partial charge is 0.423 e. The number of esters is 2. The van der Waals surface area contributed by atoms with Gasteiger partial charge in [0, 0.05) is 46.3 Å². The zero-order valence-corrected chi connectivity index (χ0v) is 30.6. The molecular formula is C42H34N12O4. The number of rotatable bonds is 16. The van der Waals surface area contributed by atoms with E-state index < -0.39 is 11.9 Å². The lowest BCUT2D eigenvalue weighted by Crippen LogP contribution is -2.08. The van der Waals surface area contributed by atoms with E-state index in [1.165, 1.54) is 0 Å². The van der Waals surface area contributed by atoms with Crippen LogP contribution in [0, 0.1) is 0 Å². The highest BCUT2D eigenvalue weighted by molar-refractivity contribution is 5.84. The Kier molecular flexibility index (Phi) is 11.8. The minimum Gasteiger partial charge on any atom is -0.423 e. The van der Waals surface area contributed by atoms with E-state index in [4.69, 9.17) is 9.47 Å². The Morgan fingerprint density at radius 2 is 0.586 bits per heavy atom. The molecule has 0 atom stereocenters. The van der Waals surface area contributed by atoms with Crippen LogP contribution in [0.4, 0.5) is 69.8 Å². The lowest BCUT2D eigenvalue weighted by molar-refractivity contribution is -0.129. The van der Waals surface area contributed by atoms with Crippen molar-refractivity contribution < 1.29 is 19.1 Å². The monoisotopic (exact) mass is 770 g/mol. The molecule has 6 N–H and O–H groups in total. The van der Waals surface area contributed by atoms with Crippen LogP contribution >= 0.6 is 0 Å². The SMILES string of the molecule is C=CC(=O)Oc1ccc(Nc2nc(Nc3ccccc3)nc(Nc3ccc(Nc4nc(Nc5ccccc5)nc(Nc5ccc(OC(=O)C=C)cc5)n4)cc3)n2)cc1. The van der Waals surface area contributed by atoms with Crippen LogP contribution < -0.4 is 41.4 Å². The molecule has 0 amide bonds. The molecule has 0 fully saturated rings. The van der Waals surface area contributed by atoms with Gasteiger partial charge in [-0.3, -0.25) is 0 Å². The van der Waals surface area contributed by atoms with E-state index in [-0.39, 0.29) is 23.8 Å². The van der Waals surface area contributed by atoms with Crippen molar-refractivity contribution in [3.8, 4) is 11.5 Å². The van der Waals surface area contributed by atoms with E-state index in [1.54, 1.807) is 48.5 Å². The molecule has 16 nitrogen and oxygen atoms in total. The number of nitrogens with zero attached hydrogens (tertiary/aromatic N) is 6. The molecule has 7 aromatic rings. The second-order valence-corrected chi connectivity index (χ2v) is 12.0. The minimum atomic E-state index is -0.553. The lowest BCUT2D eigenvalue weighted by Gasteiger charge is -2.13. The Bertz CT molecular complexity index is 2350. The van der Waals surface area contributed by atoms with Crippen molar-refractivity contribution in [1.29, 1.82) is 0 Å². The van der Waals surface area contributed by atoms with Crippen molar-refractivity contribution in [1.82, 2.24) is 29.9 Å². The van der Waals surface area contributed by atoms with E-state index in [0.29, 0.717) is 46.1 Å². The number of hydrogen-bond donors (Lipinski definition) is 6. The summed E-state index contributed by atoms with van der Waals surface area (Å²) in [6.45, 7) is 6.84.